The summed E-state index contributed by atoms with van der Waals surface area (Å²) in [5.74, 6) is 0.401. The van der Waals surface area contributed by atoms with Crippen molar-refractivity contribution in [3.63, 3.8) is 0 Å². The molecular formula is C14H11N3O3. The van der Waals surface area contributed by atoms with Crippen molar-refractivity contribution in [3.05, 3.63) is 54.1 Å². The Hall–Kier alpha value is -2.89. The second-order valence-corrected chi connectivity index (χ2v) is 4.26. The van der Waals surface area contributed by atoms with E-state index in [9.17, 15) is 10.2 Å². The van der Waals surface area contributed by atoms with Gasteiger partial charge in [0.2, 0.25) is 0 Å². The lowest BCUT2D eigenvalue weighted by Crippen LogP contribution is -1.91. The Bertz CT molecular complexity index is 726. The summed E-state index contributed by atoms with van der Waals surface area (Å²) in [7, 11) is 0. The van der Waals surface area contributed by atoms with Crippen LogP contribution in [0.1, 0.15) is 11.4 Å². The lowest BCUT2D eigenvalue weighted by Gasteiger charge is -1.98. The summed E-state index contributed by atoms with van der Waals surface area (Å²) in [6.45, 7) is 0. The molecule has 3 rings (SSSR count). The molecule has 6 heteroatoms. The molecule has 0 radical (unpaired) electrons. The Balaban J connectivity index is 1.84. The van der Waals surface area contributed by atoms with Crippen molar-refractivity contribution >= 4 is 0 Å². The highest BCUT2D eigenvalue weighted by molar-refractivity contribution is 5.58. The number of aromatic nitrogens is 3. The van der Waals surface area contributed by atoms with E-state index < -0.39 is 0 Å². The van der Waals surface area contributed by atoms with Crippen molar-refractivity contribution in [1.29, 1.82) is 0 Å². The van der Waals surface area contributed by atoms with Crippen LogP contribution in [0.15, 0.2) is 47.2 Å². The Morgan fingerprint density at radius 3 is 2.75 bits per heavy atom. The first-order chi connectivity index (χ1) is 9.72. The molecule has 100 valence electrons. The van der Waals surface area contributed by atoms with Gasteiger partial charge >= 0.3 is 0 Å². The first kappa shape index (κ1) is 12.2. The van der Waals surface area contributed by atoms with E-state index in [1.54, 1.807) is 18.5 Å². The minimum atomic E-state index is -0.227. The van der Waals surface area contributed by atoms with Gasteiger partial charge in [-0.15, -0.1) is 0 Å². The fourth-order valence-corrected chi connectivity index (χ4v) is 1.78. The maximum absolute atomic E-state index is 9.46. The maximum Gasteiger partial charge on any atom is 0.258 e. The smallest absolute Gasteiger partial charge is 0.258 e. The molecule has 3 aromatic rings. The molecule has 2 heterocycles. The zero-order chi connectivity index (χ0) is 13.9. The van der Waals surface area contributed by atoms with Crippen molar-refractivity contribution in [1.82, 2.24) is 15.1 Å². The predicted molar refractivity (Wildman–Crippen MR) is 70.1 cm³/mol. The molecule has 2 aromatic heterocycles. The van der Waals surface area contributed by atoms with Crippen LogP contribution in [0.25, 0.3) is 11.5 Å². The summed E-state index contributed by atoms with van der Waals surface area (Å²) >= 11 is 0. The third kappa shape index (κ3) is 2.44. The second kappa shape index (κ2) is 5.00. The van der Waals surface area contributed by atoms with E-state index in [-0.39, 0.29) is 11.5 Å². The largest absolute Gasteiger partial charge is 0.504 e. The highest BCUT2D eigenvalue weighted by atomic mass is 16.5. The minimum Gasteiger partial charge on any atom is -0.504 e. The molecule has 6 nitrogen and oxygen atoms in total. The number of phenols is 2. The second-order valence-electron chi connectivity index (χ2n) is 4.26. The fourth-order valence-electron chi connectivity index (χ4n) is 1.78. The van der Waals surface area contributed by atoms with E-state index in [0.717, 1.165) is 5.56 Å². The average Bonchev–Trinajstić information content (AvgIpc) is 2.91. The number of pyridine rings is 1. The summed E-state index contributed by atoms with van der Waals surface area (Å²) < 4.78 is 5.14. The number of benzene rings is 1. The van der Waals surface area contributed by atoms with E-state index in [1.165, 1.54) is 12.1 Å². The van der Waals surface area contributed by atoms with Gasteiger partial charge in [0.05, 0.1) is 0 Å². The molecule has 1 aromatic carbocycles. The monoisotopic (exact) mass is 269 g/mol. The Morgan fingerprint density at radius 2 is 2.00 bits per heavy atom. The zero-order valence-corrected chi connectivity index (χ0v) is 10.4. The van der Waals surface area contributed by atoms with Crippen molar-refractivity contribution in [2.45, 2.75) is 6.42 Å². The molecule has 0 aliphatic carbocycles. The molecule has 0 fully saturated rings. The first-order valence-corrected chi connectivity index (χ1v) is 5.96. The molecule has 0 saturated carbocycles. The van der Waals surface area contributed by atoms with Gasteiger partial charge in [0.15, 0.2) is 17.3 Å². The SMILES string of the molecule is Oc1ccc(-c2nc(Cc3cccnc3)no2)cc1O. The molecule has 0 aliphatic rings. The summed E-state index contributed by atoms with van der Waals surface area (Å²) in [6, 6.07) is 8.10. The summed E-state index contributed by atoms with van der Waals surface area (Å²) in [5, 5.41) is 22.6. The van der Waals surface area contributed by atoms with E-state index in [4.69, 9.17) is 4.52 Å². The van der Waals surface area contributed by atoms with E-state index in [2.05, 4.69) is 15.1 Å². The number of rotatable bonds is 3. The third-order valence-corrected chi connectivity index (χ3v) is 2.78. The molecule has 2 N–H and O–H groups in total. The Morgan fingerprint density at radius 1 is 1.10 bits per heavy atom. The van der Waals surface area contributed by atoms with E-state index in [1.807, 2.05) is 12.1 Å². The quantitative estimate of drug-likeness (QED) is 0.708. The van der Waals surface area contributed by atoms with Crippen molar-refractivity contribution in [2.75, 3.05) is 0 Å². The molecule has 0 atom stereocenters. The lowest BCUT2D eigenvalue weighted by molar-refractivity contribution is 0.402. The summed E-state index contributed by atoms with van der Waals surface area (Å²) in [4.78, 5) is 8.27. The van der Waals surface area contributed by atoms with Gasteiger partial charge in [0, 0.05) is 24.4 Å². The predicted octanol–water partition coefficient (Wildman–Crippen LogP) is 2.13. The normalized spacial score (nSPS) is 10.6. The molecule has 0 unspecified atom stereocenters. The molecule has 20 heavy (non-hydrogen) atoms. The van der Waals surface area contributed by atoms with Gasteiger partial charge < -0.3 is 14.7 Å². The first-order valence-electron chi connectivity index (χ1n) is 5.96. The van der Waals surface area contributed by atoms with Gasteiger partial charge in [-0.1, -0.05) is 11.2 Å². The molecular weight excluding hydrogens is 258 g/mol. The van der Waals surface area contributed by atoms with Gasteiger partial charge in [-0.05, 0) is 29.8 Å². The van der Waals surface area contributed by atoms with Crippen LogP contribution in [0.5, 0.6) is 11.5 Å². The van der Waals surface area contributed by atoms with E-state index in [0.29, 0.717) is 23.7 Å². The molecule has 0 saturated heterocycles. The third-order valence-electron chi connectivity index (χ3n) is 2.78. The van der Waals surface area contributed by atoms with Crippen molar-refractivity contribution < 1.29 is 14.7 Å². The van der Waals surface area contributed by atoms with Crippen LogP contribution in [-0.2, 0) is 6.42 Å². The fraction of sp³-hybridized carbons (Fsp3) is 0.0714. The highest BCUT2D eigenvalue weighted by Crippen LogP contribution is 2.29. The summed E-state index contributed by atoms with van der Waals surface area (Å²) in [5.41, 5.74) is 1.53. The van der Waals surface area contributed by atoms with Crippen LogP contribution in [0, 0.1) is 0 Å². The van der Waals surface area contributed by atoms with Crippen molar-refractivity contribution in [3.8, 4) is 23.0 Å². The lowest BCUT2D eigenvalue weighted by atomic mass is 10.2. The van der Waals surface area contributed by atoms with Crippen LogP contribution in [0.2, 0.25) is 0 Å². The standard InChI is InChI=1S/C14H11N3O3/c18-11-4-3-10(7-12(11)19)14-16-13(17-20-14)6-9-2-1-5-15-8-9/h1-5,7-8,18-19H,6H2. The van der Waals surface area contributed by atoms with Gasteiger partial charge in [-0.2, -0.15) is 4.98 Å². The Kier molecular flexibility index (Phi) is 3.04. The molecule has 0 bridgehead atoms. The van der Waals surface area contributed by atoms with Crippen LogP contribution in [0.3, 0.4) is 0 Å². The van der Waals surface area contributed by atoms with Gasteiger partial charge in [-0.25, -0.2) is 0 Å². The maximum atomic E-state index is 9.46. The number of hydrogen-bond acceptors (Lipinski definition) is 6. The van der Waals surface area contributed by atoms with E-state index >= 15 is 0 Å². The van der Waals surface area contributed by atoms with Crippen molar-refractivity contribution in [2.24, 2.45) is 0 Å². The van der Waals surface area contributed by atoms with Gasteiger partial charge in [0.1, 0.15) is 0 Å². The zero-order valence-electron chi connectivity index (χ0n) is 10.4. The molecule has 0 amide bonds. The summed E-state index contributed by atoms with van der Waals surface area (Å²) in [6.07, 6.45) is 3.95. The van der Waals surface area contributed by atoms with Crippen LogP contribution in [-0.4, -0.2) is 25.3 Å². The average molecular weight is 269 g/mol. The van der Waals surface area contributed by atoms with Crippen LogP contribution >= 0.6 is 0 Å². The number of phenolic OH excluding ortho intramolecular Hbond substituents is 2. The topological polar surface area (TPSA) is 92.3 Å². The highest BCUT2D eigenvalue weighted by Gasteiger charge is 2.11. The number of aromatic hydroxyl groups is 2. The minimum absolute atomic E-state index is 0.191. The van der Waals surface area contributed by atoms with Crippen LogP contribution in [0.4, 0.5) is 0 Å². The molecule has 0 aliphatic heterocycles. The van der Waals surface area contributed by atoms with Gasteiger partial charge in [-0.3, -0.25) is 4.98 Å². The van der Waals surface area contributed by atoms with Gasteiger partial charge in [0.25, 0.3) is 5.89 Å². The van der Waals surface area contributed by atoms with Crippen LogP contribution < -0.4 is 0 Å². The number of nitrogens with zero attached hydrogens (tertiary/aromatic N) is 3. The Labute approximate surface area is 114 Å². The molecule has 0 spiro atoms. The number of hydrogen-bond donors (Lipinski definition) is 2.